The van der Waals surface area contributed by atoms with Crippen LogP contribution in [-0.4, -0.2) is 55.9 Å². The minimum absolute atomic E-state index is 0.0598. The summed E-state index contributed by atoms with van der Waals surface area (Å²) in [5.41, 5.74) is 10.8. The van der Waals surface area contributed by atoms with E-state index in [1.807, 2.05) is 179 Å². The lowest BCUT2D eigenvalue weighted by Crippen LogP contribution is -2.77. The fraction of sp³-hybridized carbons (Fsp3) is 0.304. The molecule has 6 aromatic rings. The Morgan fingerprint density at radius 3 is 1.78 bits per heavy atom. The number of benzene rings is 6. The first-order chi connectivity index (χ1) is 32.3. The highest BCUT2D eigenvalue weighted by Gasteiger charge is 2.80. The summed E-state index contributed by atoms with van der Waals surface area (Å²) in [5, 5.41) is 9.99. The summed E-state index contributed by atoms with van der Waals surface area (Å²) in [4.78, 5) is 21.9. The predicted molar refractivity (Wildman–Crippen MR) is 270 cm³/mol. The second-order valence-corrected chi connectivity index (χ2v) is 22.8. The van der Waals surface area contributed by atoms with Crippen molar-refractivity contribution in [2.45, 2.75) is 101 Å². The number of rotatable bonds is 20. The van der Waals surface area contributed by atoms with E-state index < -0.39 is 48.3 Å². The van der Waals surface area contributed by atoms with E-state index in [4.69, 9.17) is 28.7 Å². The molecule has 0 heterocycles. The van der Waals surface area contributed by atoms with Crippen LogP contribution in [0.2, 0.25) is 5.04 Å². The summed E-state index contributed by atoms with van der Waals surface area (Å²) in [6.45, 7) is 16.9. The molecule has 1 aliphatic rings. The summed E-state index contributed by atoms with van der Waals surface area (Å²) < 4.78 is 30.2. The van der Waals surface area contributed by atoms with Crippen molar-refractivity contribution in [3.63, 3.8) is 0 Å². The summed E-state index contributed by atoms with van der Waals surface area (Å²) in [5.74, 6) is 0. The van der Waals surface area contributed by atoms with Crippen molar-refractivity contribution in [3.05, 3.63) is 215 Å². The van der Waals surface area contributed by atoms with Gasteiger partial charge in [0.2, 0.25) is 6.08 Å². The van der Waals surface area contributed by atoms with E-state index in [1.54, 1.807) is 0 Å². The van der Waals surface area contributed by atoms with Crippen molar-refractivity contribution in [1.29, 1.82) is 0 Å². The molecule has 67 heavy (non-hydrogen) atoms. The van der Waals surface area contributed by atoms with Gasteiger partial charge < -0.3 is 24.0 Å². The summed E-state index contributed by atoms with van der Waals surface area (Å²) >= 11 is 0. The Morgan fingerprint density at radius 1 is 0.776 bits per heavy atom. The van der Waals surface area contributed by atoms with Crippen LogP contribution in [-0.2, 0) is 43.3 Å². The smallest absolute Gasteiger partial charge is 0.262 e. The van der Waals surface area contributed by atoms with Gasteiger partial charge in [-0.3, -0.25) is 0 Å². The quantitative estimate of drug-likeness (QED) is 0.0203. The Bertz CT molecular complexity index is 2620. The van der Waals surface area contributed by atoms with Crippen molar-refractivity contribution in [2.24, 2.45) is 10.1 Å². The zero-order valence-corrected chi connectivity index (χ0v) is 40.3. The first-order valence-electron chi connectivity index (χ1n) is 22.8. The fourth-order valence-corrected chi connectivity index (χ4v) is 14.9. The maximum atomic E-state index is 13.5. The predicted octanol–water partition coefficient (Wildman–Crippen LogP) is 11.4. The van der Waals surface area contributed by atoms with Crippen LogP contribution in [0.4, 0.5) is 5.69 Å². The van der Waals surface area contributed by atoms with Gasteiger partial charge in [0.15, 0.2) is 0 Å². The van der Waals surface area contributed by atoms with Gasteiger partial charge in [0.25, 0.3) is 8.32 Å². The normalized spacial score (nSPS) is 21.9. The topological polar surface area (TPSA) is 127 Å². The molecule has 0 spiro atoms. The van der Waals surface area contributed by atoms with Crippen molar-refractivity contribution < 1.29 is 23.4 Å². The number of allylic oxidation sites excluding steroid dienone is 1. The zero-order valence-electron chi connectivity index (χ0n) is 39.3. The molecule has 1 N–H and O–H groups in total. The van der Waals surface area contributed by atoms with Gasteiger partial charge in [0, 0.05) is 10.6 Å². The van der Waals surface area contributed by atoms with Gasteiger partial charge in [-0.25, -0.2) is 4.79 Å². The van der Waals surface area contributed by atoms with E-state index in [0.29, 0.717) is 5.69 Å². The van der Waals surface area contributed by atoms with Gasteiger partial charge >= 0.3 is 0 Å². The van der Waals surface area contributed by atoms with E-state index in [2.05, 4.69) is 61.8 Å². The number of ether oxygens (including phenoxy) is 3. The van der Waals surface area contributed by atoms with Crippen LogP contribution in [0, 0.1) is 0 Å². The molecule has 7 rings (SSSR count). The monoisotopic (exact) mass is 911 g/mol. The first kappa shape index (κ1) is 48.5. The maximum absolute atomic E-state index is 13.5. The molecule has 11 heteroatoms. The molecular weight excluding hydrogens is 851 g/mol. The Balaban J connectivity index is 1.62. The third kappa shape index (κ3) is 9.59. The van der Waals surface area contributed by atoms with Crippen molar-refractivity contribution in [1.82, 2.24) is 0 Å². The maximum Gasteiger partial charge on any atom is 0.262 e. The molecule has 0 saturated heterocycles. The summed E-state index contributed by atoms with van der Waals surface area (Å²) in [6, 6.07) is 55.9. The number of hydrogen-bond donors (Lipinski definition) is 1. The number of aliphatic imine (C=N–C) groups is 1. The molecule has 6 aromatic carbocycles. The van der Waals surface area contributed by atoms with Gasteiger partial charge in [0.1, 0.15) is 16.7 Å². The Kier molecular flexibility index (Phi) is 15.3. The lowest BCUT2D eigenvalue weighted by molar-refractivity contribution is -0.217. The summed E-state index contributed by atoms with van der Waals surface area (Å²) in [6.07, 6.45) is 1.00. The minimum atomic E-state index is -3.67. The molecule has 0 aromatic heterocycles. The Morgan fingerprint density at radius 2 is 1.28 bits per heavy atom. The van der Waals surface area contributed by atoms with Crippen LogP contribution in [0.1, 0.15) is 63.8 Å². The van der Waals surface area contributed by atoms with E-state index in [0.717, 1.165) is 38.2 Å². The number of anilines is 1. The molecule has 0 aliphatic heterocycles. The van der Waals surface area contributed by atoms with Crippen LogP contribution in [0.15, 0.2) is 193 Å². The Hall–Kier alpha value is -6.39. The first-order valence-corrected chi connectivity index (χ1v) is 24.7. The molecule has 0 bridgehead atoms. The third-order valence-electron chi connectivity index (χ3n) is 13.4. The number of azide groups is 1. The van der Waals surface area contributed by atoms with Gasteiger partial charge in [-0.2, -0.15) is 4.99 Å². The van der Waals surface area contributed by atoms with Gasteiger partial charge in [-0.05, 0) is 76.1 Å². The number of nitrogens with one attached hydrogen (secondary N) is 1. The number of carbonyl (C=O) groups excluding carboxylic acids is 1. The molecule has 1 saturated carbocycles. The molecule has 10 nitrogen and oxygen atoms in total. The van der Waals surface area contributed by atoms with Crippen LogP contribution >= 0.6 is 0 Å². The molecule has 0 unspecified atom stereocenters. The van der Waals surface area contributed by atoms with E-state index in [9.17, 15) is 10.3 Å². The van der Waals surface area contributed by atoms with Crippen molar-refractivity contribution >= 4 is 36.0 Å². The molecule has 6 atom stereocenters. The lowest BCUT2D eigenvalue weighted by atomic mass is 9.73. The highest BCUT2D eigenvalue weighted by Crippen LogP contribution is 2.59. The highest BCUT2D eigenvalue weighted by molar-refractivity contribution is 6.99. The van der Waals surface area contributed by atoms with Crippen LogP contribution < -0.4 is 15.7 Å². The van der Waals surface area contributed by atoms with Crippen LogP contribution in [0.25, 0.3) is 16.0 Å². The minimum Gasteiger partial charge on any atom is -0.394 e. The van der Waals surface area contributed by atoms with Gasteiger partial charge in [0.05, 0.1) is 44.6 Å². The molecule has 344 valence electrons. The average molecular weight is 912 g/mol. The van der Waals surface area contributed by atoms with Gasteiger partial charge in [-0.1, -0.05) is 202 Å². The highest BCUT2D eigenvalue weighted by atomic mass is 28.4. The molecular formula is C56H61N5O5Si. The number of nitrogens with zero attached hydrogens (tertiary/aromatic N) is 4. The summed E-state index contributed by atoms with van der Waals surface area (Å²) in [7, 11) is -3.67. The van der Waals surface area contributed by atoms with E-state index in [-0.39, 0.29) is 26.4 Å². The largest absolute Gasteiger partial charge is 0.394 e. The fourth-order valence-electron chi connectivity index (χ4n) is 10.1. The molecule has 1 fully saturated rings. The van der Waals surface area contributed by atoms with Crippen LogP contribution in [0.5, 0.6) is 0 Å². The standard InChI is InChI=1S/C56H61N5O5Si/c1-42(2)47-30-23-31-48(36-47)59-51-52(60-61-57)56(58-41-62,43(3)64-38-45-26-15-9-16-27-45)54(7,65-39-46-28-17-10-18-29-46)55(51,40-63-37-44-24-13-8-14-25-44)66-67(53(4,5)6,49-32-19-11-20-33-49)50-34-21-12-22-35-50/h8-36,43,51-52,59H,1,37-40H2,2-7H3/t43-,51-,52-,54-,55+,56-/m0/s1. The molecule has 1 aliphatic carbocycles. The molecule has 0 radical (unpaired) electrons. The average Bonchev–Trinajstić information content (AvgIpc) is 3.50. The van der Waals surface area contributed by atoms with E-state index >= 15 is 0 Å². The molecule has 0 amide bonds. The number of isocyanates is 1. The van der Waals surface area contributed by atoms with Crippen LogP contribution in [0.3, 0.4) is 0 Å². The number of hydrogen-bond acceptors (Lipinski definition) is 8. The third-order valence-corrected chi connectivity index (χ3v) is 18.5. The SMILES string of the molecule is C=C(C)c1cccc(N[C@H]2[C@H](N=[N+]=[N-])[C@@](N=C=O)([C@H](C)OCc3ccccc3)[C@@](C)(OCc3ccccc3)[C@]2(COCc2ccccc2)O[Si](c2ccccc2)(c2ccccc2)C(C)(C)C)c1. The van der Waals surface area contributed by atoms with Crippen molar-refractivity contribution in [3.8, 4) is 0 Å². The lowest BCUT2D eigenvalue weighted by Gasteiger charge is -2.56. The van der Waals surface area contributed by atoms with Crippen molar-refractivity contribution in [2.75, 3.05) is 11.9 Å². The second-order valence-electron chi connectivity index (χ2n) is 18.5. The second kappa shape index (κ2) is 21.1. The van der Waals surface area contributed by atoms with E-state index in [1.165, 1.54) is 0 Å². The Labute approximate surface area is 396 Å². The zero-order chi connectivity index (χ0) is 47.5. The van der Waals surface area contributed by atoms with Gasteiger partial charge in [-0.15, -0.1) is 0 Å².